The summed E-state index contributed by atoms with van der Waals surface area (Å²) in [6, 6.07) is 0.0986. The highest BCUT2D eigenvalue weighted by Crippen LogP contribution is 2.21. The predicted octanol–water partition coefficient (Wildman–Crippen LogP) is 0.314. The molecule has 12 heavy (non-hydrogen) atoms. The van der Waals surface area contributed by atoms with Crippen LogP contribution in [0.4, 0.5) is 0 Å². The summed E-state index contributed by atoms with van der Waals surface area (Å²) in [7, 11) is 0. The molecular weight excluding hydrogens is 152 g/mol. The number of aliphatic hydroxyl groups is 1. The second-order valence-electron chi connectivity index (χ2n) is 3.36. The fourth-order valence-electron chi connectivity index (χ4n) is 1.76. The molecule has 0 fully saturated rings. The summed E-state index contributed by atoms with van der Waals surface area (Å²) in [6.45, 7) is 0.162. The summed E-state index contributed by atoms with van der Waals surface area (Å²) < 4.78 is 0. The zero-order valence-corrected chi connectivity index (χ0v) is 6.98. The molecule has 0 radical (unpaired) electrons. The van der Waals surface area contributed by atoms with Gasteiger partial charge in [-0.25, -0.2) is 0 Å². The van der Waals surface area contributed by atoms with Crippen LogP contribution in [0.2, 0.25) is 0 Å². The van der Waals surface area contributed by atoms with Gasteiger partial charge in [-0.2, -0.15) is 0 Å². The molecule has 2 rings (SSSR count). The number of aliphatic imine (C=N–C) groups is 1. The molecule has 2 heterocycles. The summed E-state index contributed by atoms with van der Waals surface area (Å²) in [5.74, 6) is 0.540. The first-order valence-electron chi connectivity index (χ1n) is 4.47. The van der Waals surface area contributed by atoms with Crippen molar-refractivity contribution in [3.05, 3.63) is 12.2 Å². The highest BCUT2D eigenvalue weighted by Gasteiger charge is 2.25. The Morgan fingerprint density at radius 1 is 1.50 bits per heavy atom. The quantitative estimate of drug-likeness (QED) is 0.551. The van der Waals surface area contributed by atoms with Crippen LogP contribution < -0.4 is 5.32 Å². The Bertz CT molecular complexity index is 213. The van der Waals surface area contributed by atoms with E-state index in [0.29, 0.717) is 5.92 Å². The van der Waals surface area contributed by atoms with Crippen molar-refractivity contribution in [2.24, 2.45) is 10.9 Å². The molecule has 0 aromatic rings. The van der Waals surface area contributed by atoms with Crippen molar-refractivity contribution in [1.82, 2.24) is 5.32 Å². The van der Waals surface area contributed by atoms with Crippen molar-refractivity contribution in [2.45, 2.75) is 25.0 Å². The van der Waals surface area contributed by atoms with E-state index in [1.165, 1.54) is 6.42 Å². The molecular formula is C9H14N2O. The molecule has 0 saturated carbocycles. The maximum atomic E-state index is 8.92. The van der Waals surface area contributed by atoms with Crippen LogP contribution in [0.3, 0.4) is 0 Å². The van der Waals surface area contributed by atoms with Gasteiger partial charge in [0.2, 0.25) is 0 Å². The lowest BCUT2D eigenvalue weighted by molar-refractivity contribution is 0.233. The fourth-order valence-corrected chi connectivity index (χ4v) is 1.76. The van der Waals surface area contributed by atoms with Crippen LogP contribution in [0.15, 0.2) is 17.1 Å². The molecule has 0 bridgehead atoms. The second-order valence-corrected chi connectivity index (χ2v) is 3.36. The number of fused-ring (bicyclic) bond motifs is 1. The largest absolute Gasteiger partial charge is 0.394 e. The maximum Gasteiger partial charge on any atom is 0.106 e. The van der Waals surface area contributed by atoms with Crippen LogP contribution in [0.1, 0.15) is 12.8 Å². The monoisotopic (exact) mass is 166 g/mol. The van der Waals surface area contributed by atoms with Gasteiger partial charge in [-0.05, 0) is 12.8 Å². The maximum absolute atomic E-state index is 8.92. The van der Waals surface area contributed by atoms with E-state index in [9.17, 15) is 0 Å². The Morgan fingerprint density at radius 3 is 3.25 bits per heavy atom. The van der Waals surface area contributed by atoms with E-state index in [-0.39, 0.29) is 18.8 Å². The lowest BCUT2D eigenvalue weighted by atomic mass is 9.93. The summed E-state index contributed by atoms with van der Waals surface area (Å²) in [5.41, 5.74) is 0. The number of hydrogen-bond acceptors (Lipinski definition) is 3. The van der Waals surface area contributed by atoms with Crippen LogP contribution in [0.25, 0.3) is 0 Å². The number of aliphatic hydroxyl groups excluding tert-OH is 1. The Balaban J connectivity index is 2.08. The van der Waals surface area contributed by atoms with Crippen molar-refractivity contribution in [3.8, 4) is 0 Å². The third-order valence-corrected chi connectivity index (χ3v) is 2.47. The minimum absolute atomic E-state index is 0.0986. The molecule has 3 atom stereocenters. The van der Waals surface area contributed by atoms with E-state index in [0.717, 1.165) is 6.42 Å². The molecule has 3 unspecified atom stereocenters. The molecule has 3 heteroatoms. The lowest BCUT2D eigenvalue weighted by Crippen LogP contribution is -2.46. The summed E-state index contributed by atoms with van der Waals surface area (Å²) in [5, 5.41) is 12.2. The minimum Gasteiger partial charge on any atom is -0.394 e. The van der Waals surface area contributed by atoms with Gasteiger partial charge in [0, 0.05) is 12.1 Å². The van der Waals surface area contributed by atoms with Crippen molar-refractivity contribution in [3.63, 3.8) is 0 Å². The first kappa shape index (κ1) is 7.95. The Labute approximate surface area is 72.2 Å². The molecule has 0 aliphatic carbocycles. The molecule has 2 aliphatic rings. The molecule has 0 aromatic carbocycles. The van der Waals surface area contributed by atoms with Gasteiger partial charge < -0.3 is 5.11 Å². The first-order valence-corrected chi connectivity index (χ1v) is 4.47. The molecule has 0 spiro atoms. The highest BCUT2D eigenvalue weighted by atomic mass is 16.3. The fraction of sp³-hybridized carbons (Fsp3) is 0.667. The zero-order chi connectivity index (χ0) is 8.39. The first-order chi connectivity index (χ1) is 5.90. The second kappa shape index (κ2) is 3.37. The van der Waals surface area contributed by atoms with E-state index in [1.54, 1.807) is 0 Å². The van der Waals surface area contributed by atoms with Crippen LogP contribution in [-0.4, -0.2) is 30.1 Å². The number of nitrogens with one attached hydrogen (secondary N) is 1. The normalized spacial score (nSPS) is 39.6. The third kappa shape index (κ3) is 1.42. The highest BCUT2D eigenvalue weighted by molar-refractivity contribution is 5.58. The van der Waals surface area contributed by atoms with E-state index >= 15 is 0 Å². The predicted molar refractivity (Wildman–Crippen MR) is 48.2 cm³/mol. The van der Waals surface area contributed by atoms with Crippen molar-refractivity contribution in [1.29, 1.82) is 0 Å². The molecule has 0 amide bonds. The smallest absolute Gasteiger partial charge is 0.106 e. The molecule has 0 saturated heterocycles. The average Bonchev–Trinajstić information content (AvgIpc) is 2.17. The molecule has 3 nitrogen and oxygen atoms in total. The minimum atomic E-state index is 0.0986. The lowest BCUT2D eigenvalue weighted by Gasteiger charge is -2.31. The molecule has 2 N–H and O–H groups in total. The van der Waals surface area contributed by atoms with Crippen molar-refractivity contribution < 1.29 is 5.11 Å². The van der Waals surface area contributed by atoms with Crippen molar-refractivity contribution in [2.75, 3.05) is 6.61 Å². The molecule has 2 aliphatic heterocycles. The SMILES string of the molecule is OCC1C=CC2CCC=NC2N1. The summed E-state index contributed by atoms with van der Waals surface area (Å²) in [6.07, 6.45) is 8.66. The standard InChI is InChI=1S/C9H14N2O/c12-6-8-4-3-7-2-1-5-10-9(7)11-8/h3-5,7-9,11-12H,1-2,6H2. The number of rotatable bonds is 1. The van der Waals surface area contributed by atoms with Crippen LogP contribution >= 0.6 is 0 Å². The van der Waals surface area contributed by atoms with E-state index in [1.807, 2.05) is 12.3 Å². The van der Waals surface area contributed by atoms with E-state index < -0.39 is 0 Å². The third-order valence-electron chi connectivity index (χ3n) is 2.47. The van der Waals surface area contributed by atoms with E-state index in [2.05, 4.69) is 16.4 Å². The van der Waals surface area contributed by atoms with E-state index in [4.69, 9.17) is 5.11 Å². The van der Waals surface area contributed by atoms with Gasteiger partial charge in [0.15, 0.2) is 0 Å². The van der Waals surface area contributed by atoms with Crippen LogP contribution in [0.5, 0.6) is 0 Å². The Hall–Kier alpha value is -0.670. The van der Waals surface area contributed by atoms with Gasteiger partial charge in [-0.1, -0.05) is 12.2 Å². The number of nitrogens with zero attached hydrogens (tertiary/aromatic N) is 1. The van der Waals surface area contributed by atoms with Gasteiger partial charge in [0.25, 0.3) is 0 Å². The zero-order valence-electron chi connectivity index (χ0n) is 6.98. The van der Waals surface area contributed by atoms with Gasteiger partial charge in [-0.15, -0.1) is 0 Å². The van der Waals surface area contributed by atoms with Gasteiger partial charge >= 0.3 is 0 Å². The van der Waals surface area contributed by atoms with Crippen LogP contribution in [0, 0.1) is 5.92 Å². The summed E-state index contributed by atoms with van der Waals surface area (Å²) >= 11 is 0. The molecule has 0 aromatic heterocycles. The van der Waals surface area contributed by atoms with Crippen molar-refractivity contribution >= 4 is 6.21 Å². The van der Waals surface area contributed by atoms with Gasteiger partial charge in [-0.3, -0.25) is 10.3 Å². The Kier molecular flexibility index (Phi) is 2.23. The average molecular weight is 166 g/mol. The number of hydrogen-bond donors (Lipinski definition) is 2. The van der Waals surface area contributed by atoms with Crippen LogP contribution in [-0.2, 0) is 0 Å². The molecule has 66 valence electrons. The topological polar surface area (TPSA) is 44.6 Å². The summed E-state index contributed by atoms with van der Waals surface area (Å²) in [4.78, 5) is 4.35. The van der Waals surface area contributed by atoms with Gasteiger partial charge in [0.05, 0.1) is 12.6 Å². The Morgan fingerprint density at radius 2 is 2.42 bits per heavy atom. The van der Waals surface area contributed by atoms with Gasteiger partial charge in [0.1, 0.15) is 6.17 Å².